The lowest BCUT2D eigenvalue weighted by Crippen LogP contribution is -2.54. The van der Waals surface area contributed by atoms with Gasteiger partial charge in [0.1, 0.15) is 17.4 Å². The summed E-state index contributed by atoms with van der Waals surface area (Å²) < 4.78 is 16.7. The Morgan fingerprint density at radius 1 is 1.06 bits per heavy atom. The van der Waals surface area contributed by atoms with Crippen LogP contribution in [-0.2, 0) is 14.3 Å². The highest BCUT2D eigenvalue weighted by Crippen LogP contribution is 2.44. The first-order chi connectivity index (χ1) is 14.7. The number of rotatable bonds is 6. The van der Waals surface area contributed by atoms with E-state index in [4.69, 9.17) is 14.2 Å². The highest BCUT2D eigenvalue weighted by atomic mass is 16.6. The van der Waals surface area contributed by atoms with Gasteiger partial charge in [0.15, 0.2) is 0 Å². The molecule has 7 nitrogen and oxygen atoms in total. The van der Waals surface area contributed by atoms with Crippen LogP contribution < -0.4 is 10.1 Å². The third-order valence-corrected chi connectivity index (χ3v) is 4.78. The average molecular weight is 425 g/mol. The van der Waals surface area contributed by atoms with Crippen molar-refractivity contribution >= 4 is 17.8 Å². The molecule has 3 rings (SSSR count). The molecule has 7 heteroatoms. The molecule has 1 aliphatic heterocycles. The van der Waals surface area contributed by atoms with E-state index in [1.807, 2.05) is 6.07 Å². The maximum Gasteiger partial charge on any atom is 0.408 e. The van der Waals surface area contributed by atoms with Crippen LogP contribution in [0, 0.1) is 0 Å². The zero-order chi connectivity index (χ0) is 22.6. The molecule has 0 aliphatic carbocycles. The number of alkyl carbamates (subject to hydrolysis) is 1. The Bertz CT molecular complexity index is 966. The number of hydrogen-bond acceptors (Lipinski definition) is 6. The predicted molar refractivity (Wildman–Crippen MR) is 114 cm³/mol. The van der Waals surface area contributed by atoms with E-state index in [1.165, 1.54) is 0 Å². The van der Waals surface area contributed by atoms with Gasteiger partial charge in [0.2, 0.25) is 11.4 Å². The van der Waals surface area contributed by atoms with Crippen molar-refractivity contribution in [2.75, 3.05) is 6.61 Å². The highest BCUT2D eigenvalue weighted by molar-refractivity contribution is 6.09. The van der Waals surface area contributed by atoms with Crippen LogP contribution in [0.3, 0.4) is 0 Å². The zero-order valence-corrected chi connectivity index (χ0v) is 18.1. The largest absolute Gasteiger partial charge is 0.475 e. The van der Waals surface area contributed by atoms with Crippen molar-refractivity contribution in [3.8, 4) is 5.75 Å². The lowest BCUT2D eigenvalue weighted by molar-refractivity contribution is -0.147. The van der Waals surface area contributed by atoms with E-state index >= 15 is 0 Å². The molecule has 0 bridgehead atoms. The summed E-state index contributed by atoms with van der Waals surface area (Å²) in [6, 6.07) is 14.7. The second-order valence-corrected chi connectivity index (χ2v) is 8.29. The van der Waals surface area contributed by atoms with E-state index in [0.717, 1.165) is 0 Å². The first kappa shape index (κ1) is 22.3. The molecule has 0 saturated carbocycles. The molecule has 0 spiro atoms. The summed E-state index contributed by atoms with van der Waals surface area (Å²) in [5.41, 5.74) is -1.52. The fourth-order valence-electron chi connectivity index (χ4n) is 3.59. The van der Waals surface area contributed by atoms with Crippen molar-refractivity contribution in [3.05, 3.63) is 65.7 Å². The molecular formula is C24H27NO6. The summed E-state index contributed by atoms with van der Waals surface area (Å²) in [5, 5.41) is 2.77. The van der Waals surface area contributed by atoms with Gasteiger partial charge in [-0.25, -0.2) is 4.79 Å². The van der Waals surface area contributed by atoms with Crippen LogP contribution in [0.25, 0.3) is 0 Å². The third kappa shape index (κ3) is 4.87. The number of para-hydroxylation sites is 1. The number of amides is 1. The number of ether oxygens (including phenoxy) is 3. The maximum absolute atomic E-state index is 13.6. The summed E-state index contributed by atoms with van der Waals surface area (Å²) in [4.78, 5) is 38.9. The standard InChI is InChI=1S/C24H27NO6/c1-5-29-19(26)15-24(21(27)17-13-9-10-14-18(17)30-24)20(16-11-7-6-8-12-16)25-22(28)31-23(2,3)4/h6-14,20H,5,15H2,1-4H3,(H,25,28)/t20-,24-/m0/s1. The highest BCUT2D eigenvalue weighted by Gasteiger charge is 2.56. The van der Waals surface area contributed by atoms with Gasteiger partial charge in [-0.15, -0.1) is 0 Å². The summed E-state index contributed by atoms with van der Waals surface area (Å²) in [6.07, 6.45) is -1.10. The van der Waals surface area contributed by atoms with Gasteiger partial charge in [0.25, 0.3) is 0 Å². The van der Waals surface area contributed by atoms with Crippen molar-refractivity contribution in [3.63, 3.8) is 0 Å². The Morgan fingerprint density at radius 2 is 1.71 bits per heavy atom. The molecule has 1 heterocycles. The summed E-state index contributed by atoms with van der Waals surface area (Å²) >= 11 is 0. The Kier molecular flexibility index (Phi) is 6.34. The van der Waals surface area contributed by atoms with Crippen molar-refractivity contribution in [2.24, 2.45) is 0 Å². The number of carbonyl (C=O) groups is 3. The van der Waals surface area contributed by atoms with E-state index in [9.17, 15) is 14.4 Å². The number of fused-ring (bicyclic) bond motifs is 1. The van der Waals surface area contributed by atoms with Crippen LogP contribution in [-0.4, -0.2) is 35.7 Å². The molecule has 0 saturated heterocycles. The smallest absolute Gasteiger partial charge is 0.408 e. The molecule has 2 aromatic rings. The topological polar surface area (TPSA) is 90.9 Å². The normalized spacial score (nSPS) is 18.5. The first-order valence-corrected chi connectivity index (χ1v) is 10.2. The molecule has 164 valence electrons. The minimum absolute atomic E-state index is 0.158. The molecule has 0 unspecified atom stereocenters. The van der Waals surface area contributed by atoms with Gasteiger partial charge >= 0.3 is 12.1 Å². The number of esters is 1. The molecule has 1 aliphatic rings. The third-order valence-electron chi connectivity index (χ3n) is 4.78. The number of ketones is 1. The van der Waals surface area contributed by atoms with Crippen LogP contribution in [0.15, 0.2) is 54.6 Å². The maximum atomic E-state index is 13.6. The molecule has 2 aromatic carbocycles. The van der Waals surface area contributed by atoms with Crippen molar-refractivity contribution in [1.29, 1.82) is 0 Å². The van der Waals surface area contributed by atoms with Gasteiger partial charge < -0.3 is 19.5 Å². The molecule has 0 fully saturated rings. The first-order valence-electron chi connectivity index (χ1n) is 10.2. The lowest BCUT2D eigenvalue weighted by atomic mass is 9.81. The van der Waals surface area contributed by atoms with E-state index in [-0.39, 0.29) is 13.0 Å². The average Bonchev–Trinajstić information content (AvgIpc) is 2.98. The molecule has 2 atom stereocenters. The number of nitrogens with one attached hydrogen (secondary N) is 1. The van der Waals surface area contributed by atoms with E-state index in [1.54, 1.807) is 76.2 Å². The van der Waals surface area contributed by atoms with Gasteiger partial charge in [-0.05, 0) is 45.4 Å². The minimum atomic E-state index is -1.71. The number of hydrogen-bond donors (Lipinski definition) is 1. The van der Waals surface area contributed by atoms with E-state index < -0.39 is 35.1 Å². The van der Waals surface area contributed by atoms with E-state index in [0.29, 0.717) is 16.9 Å². The number of benzene rings is 2. The van der Waals surface area contributed by atoms with Gasteiger partial charge in [-0.1, -0.05) is 42.5 Å². The zero-order valence-electron chi connectivity index (χ0n) is 18.1. The van der Waals surface area contributed by atoms with Gasteiger partial charge in [0, 0.05) is 0 Å². The van der Waals surface area contributed by atoms with Crippen molar-refractivity contribution in [2.45, 2.75) is 51.4 Å². The van der Waals surface area contributed by atoms with Crippen molar-refractivity contribution < 1.29 is 28.6 Å². The Balaban J connectivity index is 2.09. The van der Waals surface area contributed by atoms with E-state index in [2.05, 4.69) is 5.32 Å². The molecular weight excluding hydrogens is 398 g/mol. The van der Waals surface area contributed by atoms with Gasteiger partial charge in [-0.2, -0.15) is 0 Å². The monoisotopic (exact) mass is 425 g/mol. The molecule has 0 aromatic heterocycles. The Hall–Kier alpha value is -3.35. The van der Waals surface area contributed by atoms with Crippen LogP contribution in [0.5, 0.6) is 5.75 Å². The fourth-order valence-corrected chi connectivity index (χ4v) is 3.59. The van der Waals surface area contributed by atoms with Crippen LogP contribution >= 0.6 is 0 Å². The van der Waals surface area contributed by atoms with Crippen molar-refractivity contribution in [1.82, 2.24) is 5.32 Å². The van der Waals surface area contributed by atoms with Gasteiger partial charge in [-0.3, -0.25) is 9.59 Å². The second kappa shape index (κ2) is 8.79. The number of Topliss-reactive ketones (excluding diaryl/α,β-unsaturated/α-hetero) is 1. The van der Waals surface area contributed by atoms with Gasteiger partial charge in [0.05, 0.1) is 18.6 Å². The number of carbonyl (C=O) groups excluding carboxylic acids is 3. The van der Waals surface area contributed by atoms with Crippen LogP contribution in [0.2, 0.25) is 0 Å². The fraction of sp³-hybridized carbons (Fsp3) is 0.375. The van der Waals surface area contributed by atoms with Crippen LogP contribution in [0.4, 0.5) is 4.79 Å². The SMILES string of the molecule is CCOC(=O)C[C@@]1([C@@H](NC(=O)OC(C)(C)C)c2ccccc2)Oc2ccccc2C1=O. The Labute approximate surface area is 181 Å². The van der Waals surface area contributed by atoms with Crippen LogP contribution in [0.1, 0.15) is 56.1 Å². The predicted octanol–water partition coefficient (Wildman–Crippen LogP) is 4.22. The quantitative estimate of drug-likeness (QED) is 0.697. The molecule has 1 amide bonds. The summed E-state index contributed by atoms with van der Waals surface area (Å²) in [5.74, 6) is -0.652. The lowest BCUT2D eigenvalue weighted by Gasteiger charge is -2.36. The second-order valence-electron chi connectivity index (χ2n) is 8.29. The molecule has 1 N–H and O–H groups in total. The molecule has 31 heavy (non-hydrogen) atoms. The Morgan fingerprint density at radius 3 is 2.32 bits per heavy atom. The molecule has 0 radical (unpaired) electrons. The summed E-state index contributed by atoms with van der Waals surface area (Å²) in [6.45, 7) is 7.07. The summed E-state index contributed by atoms with van der Waals surface area (Å²) in [7, 11) is 0. The minimum Gasteiger partial charge on any atom is -0.475 e.